The lowest BCUT2D eigenvalue weighted by molar-refractivity contribution is 0.661. The van der Waals surface area contributed by atoms with Crippen molar-refractivity contribution >= 4 is 87.8 Å². The van der Waals surface area contributed by atoms with E-state index in [9.17, 15) is 0 Å². The highest BCUT2D eigenvalue weighted by atomic mass is 32.2. The van der Waals surface area contributed by atoms with Gasteiger partial charge in [-0.1, -0.05) is 372 Å². The predicted molar refractivity (Wildman–Crippen MR) is 497 cm³/mol. The molecule has 10 rings (SSSR count). The lowest BCUT2D eigenvalue weighted by Gasteiger charge is -2.23. The molecule has 3 aromatic heterocycles. The Balaban J connectivity index is 0.000000254. The Morgan fingerprint density at radius 1 is 0.426 bits per heavy atom. The first-order valence-corrected chi connectivity index (χ1v) is 40.3. The van der Waals surface area contributed by atoms with Crippen LogP contribution in [0.4, 0.5) is 0 Å². The van der Waals surface area contributed by atoms with Gasteiger partial charge in [0.2, 0.25) is 0 Å². The highest BCUT2D eigenvalue weighted by molar-refractivity contribution is 8.06. The van der Waals surface area contributed by atoms with Crippen LogP contribution < -0.4 is 10.4 Å². The average Bonchev–Trinajstić information content (AvgIpc) is 0.962. The van der Waals surface area contributed by atoms with Crippen molar-refractivity contribution in [3.8, 4) is 0 Å². The van der Waals surface area contributed by atoms with Crippen molar-refractivity contribution in [2.24, 2.45) is 47.3 Å². The summed E-state index contributed by atoms with van der Waals surface area (Å²) in [6, 6.07) is 29.6. The molecule has 3 heterocycles. The number of rotatable bonds is 28. The van der Waals surface area contributed by atoms with Crippen LogP contribution in [0.2, 0.25) is 0 Å². The van der Waals surface area contributed by atoms with Gasteiger partial charge >= 0.3 is 0 Å². The van der Waals surface area contributed by atoms with E-state index in [1.54, 1.807) is 57.9 Å². The fraction of sp³-hybridized carbons (Fsp3) is 0.135. The van der Waals surface area contributed by atoms with Crippen molar-refractivity contribution in [1.29, 1.82) is 0 Å². The molecule has 108 heavy (non-hydrogen) atoms. The summed E-state index contributed by atoms with van der Waals surface area (Å²) in [7, 11) is 0. The molecule has 0 bridgehead atoms. The van der Waals surface area contributed by atoms with E-state index in [1.807, 2.05) is 86.9 Å². The van der Waals surface area contributed by atoms with Crippen LogP contribution in [-0.4, -0.2) is 0 Å². The molecule has 0 fully saturated rings. The molecule has 5 aliphatic rings. The molecule has 2 aromatic carbocycles. The van der Waals surface area contributed by atoms with Crippen molar-refractivity contribution in [3.05, 3.63) is 497 Å². The third kappa shape index (κ3) is 32.6. The monoisotopic (exact) mass is 1490 g/mol. The van der Waals surface area contributed by atoms with Gasteiger partial charge in [0, 0.05) is 66.9 Å². The Morgan fingerprint density at radius 2 is 0.981 bits per heavy atom. The van der Waals surface area contributed by atoms with E-state index in [0.717, 1.165) is 40.9 Å². The molecule has 0 nitrogen and oxygen atoms in total. The molecular weight excluding hydrogens is 1380 g/mol. The van der Waals surface area contributed by atoms with Gasteiger partial charge in [-0.3, -0.25) is 0 Å². The van der Waals surface area contributed by atoms with Crippen LogP contribution in [0.1, 0.15) is 65.8 Å². The zero-order valence-corrected chi connectivity index (χ0v) is 66.9. The number of thiophene rings is 3. The van der Waals surface area contributed by atoms with Gasteiger partial charge in [-0.15, -0.1) is 80.1 Å². The standard InChI is InChI=1S/C30H32.C26H24S2.C22H20S2.C20H22.2C3H6/c1-4-7-8-9-10-11-12-16-22-29-24-28(6-3)30(25-27(29)5-2)23-18-17-21-26-19-14-13-15-20-26;1-3-21-19-24(12-6-8-14-26-16-10-18-28-26)22(4-2)20-23(21)11-5-7-13-25-15-9-17-27-25;1-3-23-17(2)18-8-4-5-9-20-16-21(22-12-7-15-24-22)14-13-19(20)11-6-10-18;1-4-7-8-10-18-15-19-12-11-16(9-5-2)13-20(19)14-17(18)6-3;2*1-3-2/h4-6,9-25,28,30H,1-3,7-8H2;3-21,23H,1-2H2;3-16,19-20H,1-2H2;4-6,8-15,17-18H,1,3,7H2,2H3;2*3H,1H2,2H3/b10-9+,12-11+,21-17+,22-16+,23-18+;11-5+,12-6+,13-7+,14-8+;8-4?,9-5+,11-6+,18-10?;9-5+,10-8+;;. The molecular formula is C104H110S4. The number of hydrogen-bond donors (Lipinski definition) is 0. The Hall–Kier alpha value is -10.7. The summed E-state index contributed by atoms with van der Waals surface area (Å²) in [5.41, 5.74) is 9.57. The molecule has 5 aliphatic carbocycles. The molecule has 0 saturated heterocycles. The fourth-order valence-corrected chi connectivity index (χ4v) is 14.0. The van der Waals surface area contributed by atoms with Gasteiger partial charge in [-0.05, 0) is 153 Å². The van der Waals surface area contributed by atoms with Crippen molar-refractivity contribution in [2.45, 2.75) is 40.0 Å². The number of hydrogen-bond acceptors (Lipinski definition) is 4. The first kappa shape index (κ1) is 87.9. The number of allylic oxidation sites excluding steroid dienone is 47. The van der Waals surface area contributed by atoms with E-state index < -0.39 is 0 Å². The Morgan fingerprint density at radius 3 is 1.56 bits per heavy atom. The average molecular weight is 1490 g/mol. The maximum absolute atomic E-state index is 4.11. The molecule has 8 unspecified atom stereocenters. The summed E-state index contributed by atoms with van der Waals surface area (Å²) in [6.45, 7) is 47.9. The van der Waals surface area contributed by atoms with Gasteiger partial charge in [0.05, 0.1) is 0 Å². The van der Waals surface area contributed by atoms with Crippen molar-refractivity contribution in [1.82, 2.24) is 0 Å². The Bertz CT molecular complexity index is 4520. The largest absolute Gasteiger partial charge is 0.144 e. The van der Waals surface area contributed by atoms with Crippen LogP contribution >= 0.6 is 45.8 Å². The van der Waals surface area contributed by atoms with Crippen LogP contribution in [0.15, 0.2) is 461 Å². The number of fused-ring (bicyclic) bond motifs is 2. The lowest BCUT2D eigenvalue weighted by Crippen LogP contribution is -2.32. The summed E-state index contributed by atoms with van der Waals surface area (Å²) in [6.07, 6.45) is 103. The molecule has 0 spiro atoms. The van der Waals surface area contributed by atoms with Crippen molar-refractivity contribution in [2.75, 3.05) is 0 Å². The minimum Gasteiger partial charge on any atom is -0.144 e. The third-order valence-corrected chi connectivity index (χ3v) is 20.2. The van der Waals surface area contributed by atoms with E-state index in [0.29, 0.717) is 23.7 Å². The Labute approximate surface area is 666 Å². The van der Waals surface area contributed by atoms with Gasteiger partial charge in [0.1, 0.15) is 0 Å². The van der Waals surface area contributed by atoms with Gasteiger partial charge in [-0.2, -0.15) is 0 Å². The normalized spacial score (nSPS) is 20.5. The summed E-state index contributed by atoms with van der Waals surface area (Å²) in [4.78, 5) is 4.86. The zero-order valence-electron chi connectivity index (χ0n) is 63.7. The molecule has 0 saturated carbocycles. The quantitative estimate of drug-likeness (QED) is 0.0273. The van der Waals surface area contributed by atoms with E-state index in [4.69, 9.17) is 0 Å². The first-order valence-electron chi connectivity index (χ1n) is 36.8. The molecule has 0 N–H and O–H groups in total. The summed E-state index contributed by atoms with van der Waals surface area (Å²) in [5, 5.41) is 10.7. The molecule has 8 atom stereocenters. The summed E-state index contributed by atoms with van der Waals surface area (Å²) >= 11 is 6.83. The number of thioether (sulfide) groups is 1. The summed E-state index contributed by atoms with van der Waals surface area (Å²) in [5.74, 6) is 2.63. The van der Waals surface area contributed by atoms with Gasteiger partial charge in [-0.25, -0.2) is 0 Å². The van der Waals surface area contributed by atoms with Crippen molar-refractivity contribution < 1.29 is 0 Å². The first-order chi connectivity index (χ1) is 53.0. The number of unbranched alkanes of at least 4 members (excludes halogenated alkanes) is 1. The second kappa shape index (κ2) is 54.0. The second-order valence-electron chi connectivity index (χ2n) is 24.8. The SMILES string of the molecule is C=CC.C=CC.C=CC/C=C/C1C=c2ccc(/C=C/C)cc2=CC1C=C.C=CC1=CC(/C=C/C=C/c2cccs2)C(C=C)C=C1/C=C/C=C/c1cccs1.C=CCC/C=C/C=C/C=C/C1=CC(C=C)C(/C=C/C=C/c2ccccc2)C=C1C=C.C=CSC(=C)C1=C/C=C/C2C=CC(c3cccs3)=CC2/C=C/C=C1. The van der Waals surface area contributed by atoms with Gasteiger partial charge in [0.25, 0.3) is 0 Å². The number of benzene rings is 2. The van der Waals surface area contributed by atoms with E-state index in [2.05, 4.69) is 386 Å². The van der Waals surface area contributed by atoms with Gasteiger partial charge in [0.15, 0.2) is 0 Å². The smallest absolute Gasteiger partial charge is 0.0339 e. The molecule has 0 amide bonds. The van der Waals surface area contributed by atoms with E-state index in [1.165, 1.54) is 52.9 Å². The molecule has 0 radical (unpaired) electrons. The summed E-state index contributed by atoms with van der Waals surface area (Å²) < 4.78 is 0. The minimum atomic E-state index is 0.262. The van der Waals surface area contributed by atoms with Crippen LogP contribution in [0.3, 0.4) is 0 Å². The Kier molecular flexibility index (Phi) is 44.0. The van der Waals surface area contributed by atoms with Crippen LogP contribution in [-0.2, 0) is 0 Å². The highest BCUT2D eigenvalue weighted by Gasteiger charge is 2.21. The second-order valence-corrected chi connectivity index (χ2v) is 28.8. The molecule has 4 heteroatoms. The fourth-order valence-electron chi connectivity index (χ4n) is 11.5. The van der Waals surface area contributed by atoms with Crippen LogP contribution in [0.5, 0.6) is 0 Å². The topological polar surface area (TPSA) is 0 Å². The van der Waals surface area contributed by atoms with Crippen molar-refractivity contribution in [3.63, 3.8) is 0 Å². The lowest BCUT2D eigenvalue weighted by atomic mass is 9.81. The van der Waals surface area contributed by atoms with E-state index in [-0.39, 0.29) is 23.7 Å². The molecule has 550 valence electrons. The maximum Gasteiger partial charge on any atom is 0.0339 e. The molecule has 5 aromatic rings. The van der Waals surface area contributed by atoms with Gasteiger partial charge < -0.3 is 0 Å². The molecule has 0 aliphatic heterocycles. The third-order valence-electron chi connectivity index (χ3n) is 16.9. The minimum absolute atomic E-state index is 0.262. The zero-order chi connectivity index (χ0) is 77.6. The maximum atomic E-state index is 4.11. The van der Waals surface area contributed by atoms with Crippen LogP contribution in [0, 0.1) is 47.3 Å². The van der Waals surface area contributed by atoms with Crippen LogP contribution in [0.25, 0.3) is 42.0 Å². The highest BCUT2D eigenvalue weighted by Crippen LogP contribution is 2.35. The van der Waals surface area contributed by atoms with E-state index >= 15 is 0 Å². The predicted octanol–water partition coefficient (Wildman–Crippen LogP) is 29.6.